The first-order valence-corrected chi connectivity index (χ1v) is 6.57. The van der Waals surface area contributed by atoms with E-state index in [0.29, 0.717) is 11.5 Å². The molecule has 0 aromatic heterocycles. The molecule has 0 N–H and O–H groups in total. The fourth-order valence-electron chi connectivity index (χ4n) is 1.66. The van der Waals surface area contributed by atoms with Crippen LogP contribution in [0.15, 0.2) is 40.9 Å². The minimum atomic E-state index is -0.484. The van der Waals surface area contributed by atoms with Crippen molar-refractivity contribution in [2.45, 2.75) is 6.92 Å². The van der Waals surface area contributed by atoms with Gasteiger partial charge in [-0.15, -0.1) is 0 Å². The molecule has 0 atom stereocenters. The van der Waals surface area contributed by atoms with Crippen LogP contribution in [0.5, 0.6) is 17.2 Å². The van der Waals surface area contributed by atoms with E-state index < -0.39 is 4.92 Å². The minimum absolute atomic E-state index is 0.106. The van der Waals surface area contributed by atoms with Crippen LogP contribution in [0, 0.1) is 17.0 Å². The van der Waals surface area contributed by atoms with Gasteiger partial charge in [0.1, 0.15) is 11.5 Å². The summed E-state index contributed by atoms with van der Waals surface area (Å²) in [4.78, 5) is 10.6. The van der Waals surface area contributed by atoms with Gasteiger partial charge in [-0.25, -0.2) is 0 Å². The molecule has 0 aliphatic heterocycles. The molecule has 0 unspecified atom stereocenters. The van der Waals surface area contributed by atoms with Crippen molar-refractivity contribution in [3.8, 4) is 17.2 Å². The van der Waals surface area contributed by atoms with Gasteiger partial charge in [0.25, 0.3) is 0 Å². The van der Waals surface area contributed by atoms with E-state index >= 15 is 0 Å². The van der Waals surface area contributed by atoms with Crippen molar-refractivity contribution < 1.29 is 14.4 Å². The van der Waals surface area contributed by atoms with Gasteiger partial charge < -0.3 is 9.47 Å². The van der Waals surface area contributed by atoms with Crippen molar-refractivity contribution >= 4 is 21.6 Å². The molecule has 6 heteroatoms. The van der Waals surface area contributed by atoms with Crippen LogP contribution in [0.4, 0.5) is 5.69 Å². The predicted octanol–water partition coefficient (Wildman–Crippen LogP) is 4.47. The number of methoxy groups -OCH3 is 1. The normalized spacial score (nSPS) is 10.2. The first kappa shape index (κ1) is 14.3. The van der Waals surface area contributed by atoms with Gasteiger partial charge in [-0.3, -0.25) is 10.1 Å². The minimum Gasteiger partial charge on any atom is -0.497 e. The van der Waals surface area contributed by atoms with Gasteiger partial charge in [-0.1, -0.05) is 22.0 Å². The van der Waals surface area contributed by atoms with Crippen LogP contribution >= 0.6 is 15.9 Å². The molecule has 104 valence electrons. The van der Waals surface area contributed by atoms with Crippen molar-refractivity contribution in [2.75, 3.05) is 7.11 Å². The molecule has 2 rings (SSSR count). The molecule has 0 saturated heterocycles. The SMILES string of the molecule is COc1ccc([N+](=O)[O-])c(Oc2cc(Br)ccc2C)c1. The lowest BCUT2D eigenvalue weighted by atomic mass is 10.2. The van der Waals surface area contributed by atoms with E-state index in [1.807, 2.05) is 19.1 Å². The van der Waals surface area contributed by atoms with Crippen molar-refractivity contribution in [1.29, 1.82) is 0 Å². The smallest absolute Gasteiger partial charge is 0.311 e. The summed E-state index contributed by atoms with van der Waals surface area (Å²) >= 11 is 3.35. The molecule has 0 saturated carbocycles. The Kier molecular flexibility index (Phi) is 4.24. The summed E-state index contributed by atoms with van der Waals surface area (Å²) in [7, 11) is 1.50. The van der Waals surface area contributed by atoms with Crippen molar-refractivity contribution in [1.82, 2.24) is 0 Å². The van der Waals surface area contributed by atoms with E-state index in [0.717, 1.165) is 10.0 Å². The zero-order valence-corrected chi connectivity index (χ0v) is 12.5. The molecule has 0 spiro atoms. The Labute approximate surface area is 124 Å². The van der Waals surface area contributed by atoms with E-state index in [-0.39, 0.29) is 11.4 Å². The van der Waals surface area contributed by atoms with Crippen LogP contribution in [-0.4, -0.2) is 12.0 Å². The summed E-state index contributed by atoms with van der Waals surface area (Å²) in [6.45, 7) is 1.87. The fourth-order valence-corrected chi connectivity index (χ4v) is 2.00. The Morgan fingerprint density at radius 3 is 2.55 bits per heavy atom. The Balaban J connectivity index is 2.45. The van der Waals surface area contributed by atoms with Gasteiger partial charge in [-0.2, -0.15) is 0 Å². The van der Waals surface area contributed by atoms with Crippen LogP contribution in [0.2, 0.25) is 0 Å². The number of rotatable bonds is 4. The fraction of sp³-hybridized carbons (Fsp3) is 0.143. The number of ether oxygens (including phenoxy) is 2. The van der Waals surface area contributed by atoms with Crippen LogP contribution in [0.3, 0.4) is 0 Å². The summed E-state index contributed by atoms with van der Waals surface area (Å²) in [6, 6.07) is 9.89. The van der Waals surface area contributed by atoms with Crippen molar-refractivity contribution in [3.05, 3.63) is 56.5 Å². The number of hydrogen-bond acceptors (Lipinski definition) is 4. The third kappa shape index (κ3) is 3.08. The van der Waals surface area contributed by atoms with Crippen LogP contribution in [-0.2, 0) is 0 Å². The summed E-state index contributed by atoms with van der Waals surface area (Å²) in [5.41, 5.74) is 0.774. The second kappa shape index (κ2) is 5.92. The molecule has 0 amide bonds. The highest BCUT2D eigenvalue weighted by Gasteiger charge is 2.17. The second-order valence-electron chi connectivity index (χ2n) is 4.10. The van der Waals surface area contributed by atoms with Gasteiger partial charge >= 0.3 is 5.69 Å². The number of halogens is 1. The Morgan fingerprint density at radius 2 is 1.90 bits per heavy atom. The van der Waals surface area contributed by atoms with Gasteiger partial charge in [0.15, 0.2) is 0 Å². The number of aryl methyl sites for hydroxylation is 1. The lowest BCUT2D eigenvalue weighted by Crippen LogP contribution is -1.95. The average Bonchev–Trinajstić information content (AvgIpc) is 2.42. The molecule has 0 aliphatic rings. The first-order chi connectivity index (χ1) is 9.51. The number of nitrogens with zero attached hydrogens (tertiary/aromatic N) is 1. The predicted molar refractivity (Wildman–Crippen MR) is 78.6 cm³/mol. The van der Waals surface area contributed by atoms with Gasteiger partial charge in [0, 0.05) is 16.6 Å². The quantitative estimate of drug-likeness (QED) is 0.610. The number of benzene rings is 2. The maximum atomic E-state index is 11.0. The summed E-state index contributed by atoms with van der Waals surface area (Å²) < 4.78 is 11.6. The first-order valence-electron chi connectivity index (χ1n) is 5.77. The number of nitro groups is 1. The van der Waals surface area contributed by atoms with Crippen molar-refractivity contribution in [3.63, 3.8) is 0 Å². The van der Waals surface area contributed by atoms with Crippen molar-refractivity contribution in [2.24, 2.45) is 0 Å². The molecule has 20 heavy (non-hydrogen) atoms. The Morgan fingerprint density at radius 1 is 1.15 bits per heavy atom. The van der Waals surface area contributed by atoms with E-state index in [1.165, 1.54) is 25.3 Å². The highest BCUT2D eigenvalue weighted by atomic mass is 79.9. The van der Waals surface area contributed by atoms with E-state index in [1.54, 1.807) is 6.07 Å². The number of nitro benzene ring substituents is 1. The third-order valence-electron chi connectivity index (χ3n) is 2.73. The average molecular weight is 338 g/mol. The van der Waals surface area contributed by atoms with Gasteiger partial charge in [0.05, 0.1) is 12.0 Å². The highest BCUT2D eigenvalue weighted by molar-refractivity contribution is 9.10. The molecule has 2 aromatic carbocycles. The summed E-state index contributed by atoms with van der Waals surface area (Å²) in [5, 5.41) is 11.0. The van der Waals surface area contributed by atoms with E-state index in [4.69, 9.17) is 9.47 Å². The molecule has 0 radical (unpaired) electrons. The van der Waals surface area contributed by atoms with Gasteiger partial charge in [-0.05, 0) is 30.7 Å². The number of hydrogen-bond donors (Lipinski definition) is 0. The zero-order chi connectivity index (χ0) is 14.7. The molecule has 0 heterocycles. The monoisotopic (exact) mass is 337 g/mol. The standard InChI is InChI=1S/C14H12BrNO4/c1-9-3-4-10(15)7-13(9)20-14-8-11(19-2)5-6-12(14)16(17)18/h3-8H,1-2H3. The summed E-state index contributed by atoms with van der Waals surface area (Å²) in [6.07, 6.45) is 0. The molecule has 0 fully saturated rings. The van der Waals surface area contributed by atoms with Crippen LogP contribution in [0.25, 0.3) is 0 Å². The topological polar surface area (TPSA) is 61.6 Å². The maximum Gasteiger partial charge on any atom is 0.311 e. The highest BCUT2D eigenvalue weighted by Crippen LogP contribution is 2.36. The third-order valence-corrected chi connectivity index (χ3v) is 3.23. The van der Waals surface area contributed by atoms with Gasteiger partial charge in [0.2, 0.25) is 5.75 Å². The summed E-state index contributed by atoms with van der Waals surface area (Å²) in [5.74, 6) is 1.20. The Bertz CT molecular complexity index is 658. The largest absolute Gasteiger partial charge is 0.497 e. The molecule has 0 bridgehead atoms. The second-order valence-corrected chi connectivity index (χ2v) is 5.02. The molecule has 2 aromatic rings. The Hall–Kier alpha value is -2.08. The van der Waals surface area contributed by atoms with Crippen LogP contribution in [0.1, 0.15) is 5.56 Å². The lowest BCUT2D eigenvalue weighted by Gasteiger charge is -2.10. The lowest BCUT2D eigenvalue weighted by molar-refractivity contribution is -0.385. The molecular weight excluding hydrogens is 326 g/mol. The molecule has 0 aliphatic carbocycles. The van der Waals surface area contributed by atoms with E-state index in [9.17, 15) is 10.1 Å². The zero-order valence-electron chi connectivity index (χ0n) is 10.9. The maximum absolute atomic E-state index is 11.0. The molecule has 5 nitrogen and oxygen atoms in total. The van der Waals surface area contributed by atoms with Crippen LogP contribution < -0.4 is 9.47 Å². The molecular formula is C14H12BrNO4. The van der Waals surface area contributed by atoms with E-state index in [2.05, 4.69) is 15.9 Å².